The molecule has 0 N–H and O–H groups in total. The fourth-order valence-corrected chi connectivity index (χ4v) is 3.60. The summed E-state index contributed by atoms with van der Waals surface area (Å²) in [5.41, 5.74) is 0.150. The summed E-state index contributed by atoms with van der Waals surface area (Å²) in [6.45, 7) is 10.9. The van der Waals surface area contributed by atoms with E-state index < -0.39 is 11.7 Å². The van der Waals surface area contributed by atoms with Gasteiger partial charge in [-0.15, -0.1) is 0 Å². The van der Waals surface area contributed by atoms with Crippen LogP contribution in [0.25, 0.3) is 10.9 Å². The molecule has 0 aliphatic carbocycles. The van der Waals surface area contributed by atoms with Gasteiger partial charge in [0.2, 0.25) is 5.88 Å². The van der Waals surface area contributed by atoms with Crippen molar-refractivity contribution in [2.24, 2.45) is 5.92 Å². The van der Waals surface area contributed by atoms with Crippen LogP contribution in [0.3, 0.4) is 0 Å². The number of anilines is 1. The lowest BCUT2D eigenvalue weighted by molar-refractivity contribution is -0.136. The fourth-order valence-electron chi connectivity index (χ4n) is 3.60. The van der Waals surface area contributed by atoms with Crippen LogP contribution in [0.5, 0.6) is 11.6 Å². The van der Waals surface area contributed by atoms with Crippen molar-refractivity contribution < 1.29 is 22.6 Å². The van der Waals surface area contributed by atoms with E-state index in [2.05, 4.69) is 30.7 Å². The molecular weight excluding hydrogens is 369 g/mol. The van der Waals surface area contributed by atoms with Gasteiger partial charge in [0.15, 0.2) is 5.75 Å². The Labute approximate surface area is 163 Å². The average molecular weight is 396 g/mol. The van der Waals surface area contributed by atoms with E-state index >= 15 is 0 Å². The number of pyridine rings is 1. The highest BCUT2D eigenvalue weighted by molar-refractivity contribution is 5.95. The lowest BCUT2D eigenvalue weighted by Gasteiger charge is -2.40. The summed E-state index contributed by atoms with van der Waals surface area (Å²) in [5, 5.41) is 0.00409. The smallest absolute Gasteiger partial charge is 0.417 e. The van der Waals surface area contributed by atoms with E-state index in [1.54, 1.807) is 19.9 Å². The van der Waals surface area contributed by atoms with Crippen LogP contribution < -0.4 is 14.4 Å². The highest BCUT2D eigenvalue weighted by Crippen LogP contribution is 2.46. The lowest BCUT2D eigenvalue weighted by Crippen LogP contribution is -2.44. The summed E-state index contributed by atoms with van der Waals surface area (Å²) in [5.74, 6) is 0.604. The van der Waals surface area contributed by atoms with Gasteiger partial charge in [-0.2, -0.15) is 13.2 Å². The zero-order valence-corrected chi connectivity index (χ0v) is 16.9. The van der Waals surface area contributed by atoms with Crippen molar-refractivity contribution in [2.75, 3.05) is 18.1 Å². The topological polar surface area (TPSA) is 34.6 Å². The zero-order valence-electron chi connectivity index (χ0n) is 16.9. The third-order valence-electron chi connectivity index (χ3n) is 4.75. The van der Waals surface area contributed by atoms with E-state index in [4.69, 9.17) is 9.47 Å². The van der Waals surface area contributed by atoms with Gasteiger partial charge in [-0.25, -0.2) is 4.98 Å². The number of nitrogens with zero attached hydrogens (tertiary/aromatic N) is 2. The normalized spacial score (nSPS) is 17.2. The van der Waals surface area contributed by atoms with Crippen molar-refractivity contribution in [3.63, 3.8) is 0 Å². The standard InChI is InChI=1S/C21H27F3N2O2/c1-6-14-11-27-20-17(26(14)10-12(2)3)8-7-16-19(20)15(21(22,23)24)9-18(25-16)28-13(4)5/h7-9,12-14H,6,10-11H2,1-5H3. The van der Waals surface area contributed by atoms with Crippen LogP contribution >= 0.6 is 0 Å². The summed E-state index contributed by atoms with van der Waals surface area (Å²) >= 11 is 0. The second-order valence-electron chi connectivity index (χ2n) is 7.90. The molecule has 0 radical (unpaired) electrons. The van der Waals surface area contributed by atoms with Crippen LogP contribution in [0.2, 0.25) is 0 Å². The molecule has 0 saturated carbocycles. The van der Waals surface area contributed by atoms with E-state index in [-0.39, 0.29) is 34.7 Å². The van der Waals surface area contributed by atoms with Crippen LogP contribution in [0.1, 0.15) is 46.6 Å². The van der Waals surface area contributed by atoms with Crippen LogP contribution in [-0.4, -0.2) is 30.3 Å². The number of rotatable bonds is 5. The van der Waals surface area contributed by atoms with Crippen LogP contribution in [0, 0.1) is 5.92 Å². The molecule has 0 fully saturated rings. The Bertz CT molecular complexity index is 850. The fraction of sp³-hybridized carbons (Fsp3) is 0.571. The molecular formula is C21H27F3N2O2. The Kier molecular flexibility index (Phi) is 5.64. The Morgan fingerprint density at radius 2 is 1.96 bits per heavy atom. The van der Waals surface area contributed by atoms with Crippen molar-refractivity contribution in [1.29, 1.82) is 0 Å². The minimum atomic E-state index is -4.54. The number of alkyl halides is 3. The van der Waals surface area contributed by atoms with Gasteiger partial charge >= 0.3 is 6.18 Å². The summed E-state index contributed by atoms with van der Waals surface area (Å²) in [4.78, 5) is 6.47. The van der Waals surface area contributed by atoms with Gasteiger partial charge in [0, 0.05) is 12.6 Å². The largest absolute Gasteiger partial charge is 0.489 e. The average Bonchev–Trinajstić information content (AvgIpc) is 2.59. The zero-order chi connectivity index (χ0) is 20.6. The van der Waals surface area contributed by atoms with Gasteiger partial charge < -0.3 is 14.4 Å². The number of hydrogen-bond acceptors (Lipinski definition) is 4. The molecule has 2 aromatic rings. The molecule has 1 atom stereocenters. The maximum Gasteiger partial charge on any atom is 0.417 e. The van der Waals surface area contributed by atoms with Gasteiger partial charge in [-0.1, -0.05) is 20.8 Å². The predicted molar refractivity (Wildman–Crippen MR) is 104 cm³/mol. The first-order chi connectivity index (χ1) is 13.1. The van der Waals surface area contributed by atoms with Crippen molar-refractivity contribution in [1.82, 2.24) is 4.98 Å². The first-order valence-corrected chi connectivity index (χ1v) is 9.72. The van der Waals surface area contributed by atoms with E-state index in [9.17, 15) is 13.2 Å². The number of aromatic nitrogens is 1. The predicted octanol–water partition coefficient (Wildman–Crippen LogP) is 5.67. The molecule has 1 unspecified atom stereocenters. The maximum atomic E-state index is 13.9. The van der Waals surface area contributed by atoms with Gasteiger partial charge in [0.1, 0.15) is 6.61 Å². The van der Waals surface area contributed by atoms with E-state index in [1.807, 2.05) is 6.07 Å². The highest BCUT2D eigenvalue weighted by atomic mass is 19.4. The van der Waals surface area contributed by atoms with Gasteiger partial charge in [-0.3, -0.25) is 0 Å². The van der Waals surface area contributed by atoms with Crippen LogP contribution in [-0.2, 0) is 6.18 Å². The summed E-state index contributed by atoms with van der Waals surface area (Å²) in [6.07, 6.45) is -3.96. The number of fused-ring (bicyclic) bond motifs is 3. The number of ether oxygens (including phenoxy) is 2. The van der Waals surface area contributed by atoms with Gasteiger partial charge in [0.25, 0.3) is 0 Å². The quantitative estimate of drug-likeness (QED) is 0.652. The van der Waals surface area contributed by atoms with Gasteiger partial charge in [-0.05, 0) is 38.3 Å². The second-order valence-corrected chi connectivity index (χ2v) is 7.90. The van der Waals surface area contributed by atoms with Crippen molar-refractivity contribution in [3.8, 4) is 11.6 Å². The molecule has 1 aromatic carbocycles. The van der Waals surface area contributed by atoms with Crippen LogP contribution in [0.4, 0.5) is 18.9 Å². The number of halogens is 3. The molecule has 0 bridgehead atoms. The molecule has 7 heteroatoms. The van der Waals surface area contributed by atoms with Gasteiger partial charge in [0.05, 0.1) is 34.3 Å². The molecule has 2 heterocycles. The third kappa shape index (κ3) is 3.98. The summed E-state index contributed by atoms with van der Waals surface area (Å²) in [6, 6.07) is 4.56. The molecule has 154 valence electrons. The molecule has 3 rings (SSSR count). The minimum Gasteiger partial charge on any atom is -0.489 e. The highest BCUT2D eigenvalue weighted by Gasteiger charge is 2.38. The Morgan fingerprint density at radius 3 is 2.54 bits per heavy atom. The van der Waals surface area contributed by atoms with E-state index in [1.165, 1.54) is 0 Å². The number of hydrogen-bond donors (Lipinski definition) is 0. The van der Waals surface area contributed by atoms with E-state index in [0.717, 1.165) is 19.0 Å². The van der Waals surface area contributed by atoms with Crippen molar-refractivity contribution in [2.45, 2.75) is 59.4 Å². The van der Waals surface area contributed by atoms with Crippen molar-refractivity contribution >= 4 is 16.6 Å². The molecule has 1 aliphatic rings. The molecule has 0 saturated heterocycles. The SMILES string of the molecule is CCC1COc2c(ccc3nc(OC(C)C)cc(C(F)(F)F)c23)N1CC(C)C. The molecule has 1 aliphatic heterocycles. The van der Waals surface area contributed by atoms with E-state index in [0.29, 0.717) is 18.2 Å². The maximum absolute atomic E-state index is 13.9. The van der Waals surface area contributed by atoms with Crippen molar-refractivity contribution in [3.05, 3.63) is 23.8 Å². The summed E-state index contributed by atoms with van der Waals surface area (Å²) in [7, 11) is 0. The Balaban J connectivity index is 2.24. The minimum absolute atomic E-state index is 0.00409. The molecule has 4 nitrogen and oxygen atoms in total. The molecule has 0 spiro atoms. The monoisotopic (exact) mass is 396 g/mol. The molecule has 0 amide bonds. The first-order valence-electron chi connectivity index (χ1n) is 9.72. The number of benzene rings is 1. The third-order valence-corrected chi connectivity index (χ3v) is 4.75. The molecule has 1 aromatic heterocycles. The summed E-state index contributed by atoms with van der Waals surface area (Å²) < 4.78 is 53.0. The lowest BCUT2D eigenvalue weighted by atomic mass is 10.0. The molecule has 28 heavy (non-hydrogen) atoms. The first kappa shape index (κ1) is 20.6. The Morgan fingerprint density at radius 1 is 1.25 bits per heavy atom. The van der Waals surface area contributed by atoms with Crippen LogP contribution in [0.15, 0.2) is 18.2 Å². The second kappa shape index (κ2) is 7.68. The Hall–Kier alpha value is -2.18.